The van der Waals surface area contributed by atoms with Gasteiger partial charge in [-0.25, -0.2) is 0 Å². The molecule has 2 N–H and O–H groups in total. The predicted octanol–water partition coefficient (Wildman–Crippen LogP) is 2.89. The number of nitrogens with two attached hydrogens (primary N) is 1. The van der Waals surface area contributed by atoms with E-state index in [0.29, 0.717) is 5.41 Å². The van der Waals surface area contributed by atoms with E-state index in [1.807, 2.05) is 6.92 Å². The normalized spacial score (nSPS) is 21.9. The highest BCUT2D eigenvalue weighted by molar-refractivity contribution is 5.30. The number of hydrogen-bond acceptors (Lipinski definition) is 2. The molecular weight excluding hydrogens is 224 g/mol. The smallest absolute Gasteiger partial charge is 0.0482 e. The molecule has 1 aromatic heterocycles. The van der Waals surface area contributed by atoms with Crippen LogP contribution in [0.25, 0.3) is 0 Å². The van der Waals surface area contributed by atoms with Gasteiger partial charge in [-0.1, -0.05) is 13.8 Å². The Balaban J connectivity index is 2.06. The number of ether oxygens (including phenoxy) is 1. The highest BCUT2D eigenvalue weighted by atomic mass is 16.5. The van der Waals surface area contributed by atoms with E-state index >= 15 is 0 Å². The quantitative estimate of drug-likeness (QED) is 0.816. The number of nitrogens with zero attached hydrogens (tertiary/aromatic N) is 1. The van der Waals surface area contributed by atoms with E-state index in [0.717, 1.165) is 39.0 Å². The molecule has 0 saturated heterocycles. The average molecular weight is 250 g/mol. The molecule has 0 saturated carbocycles. The van der Waals surface area contributed by atoms with Crippen LogP contribution in [0, 0.1) is 5.41 Å². The van der Waals surface area contributed by atoms with Gasteiger partial charge in [0.25, 0.3) is 0 Å². The third-order valence-electron chi connectivity index (χ3n) is 3.82. The van der Waals surface area contributed by atoms with Crippen LogP contribution >= 0.6 is 0 Å². The summed E-state index contributed by atoms with van der Waals surface area (Å²) in [7, 11) is 0. The Labute approximate surface area is 110 Å². The van der Waals surface area contributed by atoms with Gasteiger partial charge < -0.3 is 15.0 Å². The molecule has 0 aliphatic heterocycles. The fourth-order valence-electron chi connectivity index (χ4n) is 2.99. The topological polar surface area (TPSA) is 40.2 Å². The highest BCUT2D eigenvalue weighted by Crippen LogP contribution is 2.39. The largest absolute Gasteiger partial charge is 0.382 e. The van der Waals surface area contributed by atoms with E-state index in [4.69, 9.17) is 10.5 Å². The first-order chi connectivity index (χ1) is 8.53. The van der Waals surface area contributed by atoms with Crippen LogP contribution in [-0.4, -0.2) is 17.8 Å². The van der Waals surface area contributed by atoms with Gasteiger partial charge in [0.05, 0.1) is 0 Å². The molecule has 1 aliphatic rings. The Hall–Kier alpha value is -0.800. The molecule has 1 atom stereocenters. The molecular formula is C15H26N2O. The average Bonchev–Trinajstić information content (AvgIpc) is 2.66. The van der Waals surface area contributed by atoms with E-state index in [-0.39, 0.29) is 6.04 Å². The molecule has 0 bridgehead atoms. The fourth-order valence-corrected chi connectivity index (χ4v) is 2.99. The van der Waals surface area contributed by atoms with Gasteiger partial charge in [0.15, 0.2) is 0 Å². The summed E-state index contributed by atoms with van der Waals surface area (Å²) in [5.74, 6) is 0. The van der Waals surface area contributed by atoms with Crippen LogP contribution in [0.1, 0.15) is 50.9 Å². The summed E-state index contributed by atoms with van der Waals surface area (Å²) in [4.78, 5) is 0. The van der Waals surface area contributed by atoms with E-state index in [9.17, 15) is 0 Å². The van der Waals surface area contributed by atoms with Gasteiger partial charge in [-0.15, -0.1) is 0 Å². The summed E-state index contributed by atoms with van der Waals surface area (Å²) >= 11 is 0. The lowest BCUT2D eigenvalue weighted by Gasteiger charge is -2.34. The van der Waals surface area contributed by atoms with Crippen LogP contribution in [0.15, 0.2) is 12.3 Å². The molecule has 102 valence electrons. The van der Waals surface area contributed by atoms with Crippen molar-refractivity contribution in [1.82, 2.24) is 4.57 Å². The summed E-state index contributed by atoms with van der Waals surface area (Å²) in [5.41, 5.74) is 9.39. The maximum Gasteiger partial charge on any atom is 0.0482 e. The fraction of sp³-hybridized carbons (Fsp3) is 0.733. The Morgan fingerprint density at radius 3 is 3.00 bits per heavy atom. The van der Waals surface area contributed by atoms with Gasteiger partial charge >= 0.3 is 0 Å². The molecule has 3 nitrogen and oxygen atoms in total. The highest BCUT2D eigenvalue weighted by Gasteiger charge is 2.32. The van der Waals surface area contributed by atoms with Gasteiger partial charge in [0, 0.05) is 37.7 Å². The van der Waals surface area contributed by atoms with E-state index in [1.54, 1.807) is 0 Å². The maximum atomic E-state index is 6.27. The summed E-state index contributed by atoms with van der Waals surface area (Å²) in [6.07, 6.45) is 5.49. The Morgan fingerprint density at radius 2 is 2.28 bits per heavy atom. The van der Waals surface area contributed by atoms with Gasteiger partial charge in [-0.2, -0.15) is 0 Å². The second-order valence-corrected chi connectivity index (χ2v) is 6.11. The minimum absolute atomic E-state index is 0.205. The van der Waals surface area contributed by atoms with Crippen LogP contribution in [0.4, 0.5) is 0 Å². The van der Waals surface area contributed by atoms with Crippen molar-refractivity contribution in [1.29, 1.82) is 0 Å². The second kappa shape index (κ2) is 5.45. The lowest BCUT2D eigenvalue weighted by Crippen LogP contribution is -2.30. The molecule has 1 aromatic rings. The Kier molecular flexibility index (Phi) is 4.13. The van der Waals surface area contributed by atoms with Crippen molar-refractivity contribution in [3.05, 3.63) is 23.5 Å². The minimum Gasteiger partial charge on any atom is -0.382 e. The Bertz CT molecular complexity index is 395. The maximum absolute atomic E-state index is 6.27. The molecule has 0 spiro atoms. The van der Waals surface area contributed by atoms with Crippen molar-refractivity contribution < 1.29 is 4.74 Å². The van der Waals surface area contributed by atoms with Crippen molar-refractivity contribution in [2.24, 2.45) is 11.1 Å². The predicted molar refractivity (Wildman–Crippen MR) is 74.6 cm³/mol. The summed E-state index contributed by atoms with van der Waals surface area (Å²) in [6.45, 7) is 9.36. The molecule has 1 unspecified atom stereocenters. The van der Waals surface area contributed by atoms with Crippen molar-refractivity contribution in [2.75, 3.05) is 13.2 Å². The van der Waals surface area contributed by atoms with Gasteiger partial charge in [0.1, 0.15) is 0 Å². The SMILES string of the molecule is CCOCCCn1ccc2c1CC(C)(C)CC2N. The van der Waals surface area contributed by atoms with Crippen molar-refractivity contribution in [3.8, 4) is 0 Å². The molecule has 3 heteroatoms. The van der Waals surface area contributed by atoms with Crippen LogP contribution < -0.4 is 5.73 Å². The van der Waals surface area contributed by atoms with Gasteiger partial charge in [-0.3, -0.25) is 0 Å². The summed E-state index contributed by atoms with van der Waals surface area (Å²) < 4.78 is 7.77. The lowest BCUT2D eigenvalue weighted by atomic mass is 9.74. The van der Waals surface area contributed by atoms with Crippen LogP contribution in [-0.2, 0) is 17.7 Å². The summed E-state index contributed by atoms with van der Waals surface area (Å²) in [5, 5.41) is 0. The third-order valence-corrected chi connectivity index (χ3v) is 3.82. The van der Waals surface area contributed by atoms with E-state index in [1.165, 1.54) is 11.3 Å². The monoisotopic (exact) mass is 250 g/mol. The molecule has 0 amide bonds. The molecule has 0 radical (unpaired) electrons. The molecule has 1 heterocycles. The number of rotatable bonds is 5. The Morgan fingerprint density at radius 1 is 1.50 bits per heavy atom. The van der Waals surface area contributed by atoms with E-state index in [2.05, 4.69) is 30.7 Å². The third kappa shape index (κ3) is 2.96. The number of aromatic nitrogens is 1. The number of fused-ring (bicyclic) bond motifs is 1. The summed E-state index contributed by atoms with van der Waals surface area (Å²) in [6, 6.07) is 2.41. The molecule has 0 aromatic carbocycles. The second-order valence-electron chi connectivity index (χ2n) is 6.11. The first-order valence-electron chi connectivity index (χ1n) is 7.05. The van der Waals surface area contributed by atoms with Crippen LogP contribution in [0.2, 0.25) is 0 Å². The van der Waals surface area contributed by atoms with Crippen LogP contribution in [0.5, 0.6) is 0 Å². The van der Waals surface area contributed by atoms with Crippen molar-refractivity contribution >= 4 is 0 Å². The number of aryl methyl sites for hydroxylation is 1. The van der Waals surface area contributed by atoms with Gasteiger partial charge in [0.2, 0.25) is 0 Å². The molecule has 18 heavy (non-hydrogen) atoms. The zero-order valence-electron chi connectivity index (χ0n) is 11.9. The minimum atomic E-state index is 0.205. The zero-order chi connectivity index (χ0) is 13.2. The standard InChI is InChI=1S/C15H26N2O/c1-4-18-9-5-7-17-8-6-12-13(16)10-15(2,3)11-14(12)17/h6,8,13H,4-5,7,9-11,16H2,1-3H3. The van der Waals surface area contributed by atoms with Crippen molar-refractivity contribution in [2.45, 2.75) is 52.6 Å². The zero-order valence-corrected chi connectivity index (χ0v) is 11.9. The lowest BCUT2D eigenvalue weighted by molar-refractivity contribution is 0.141. The molecule has 0 fully saturated rings. The van der Waals surface area contributed by atoms with Crippen molar-refractivity contribution in [3.63, 3.8) is 0 Å². The molecule has 1 aliphatic carbocycles. The van der Waals surface area contributed by atoms with Gasteiger partial charge in [-0.05, 0) is 43.2 Å². The van der Waals surface area contributed by atoms with E-state index < -0.39 is 0 Å². The number of hydrogen-bond donors (Lipinski definition) is 1. The van der Waals surface area contributed by atoms with Crippen LogP contribution in [0.3, 0.4) is 0 Å². The first kappa shape index (κ1) is 13.6. The molecule has 2 rings (SSSR count). The first-order valence-corrected chi connectivity index (χ1v) is 7.05.